The number of unbranched alkanes of at least 4 members (excludes halogenated alkanes) is 1. The van der Waals surface area contributed by atoms with Gasteiger partial charge in [-0.15, -0.1) is 0 Å². The molecule has 0 aliphatic rings. The van der Waals surface area contributed by atoms with Gasteiger partial charge in [-0.1, -0.05) is 49.2 Å². The van der Waals surface area contributed by atoms with Gasteiger partial charge in [-0.05, 0) is 24.5 Å². The second kappa shape index (κ2) is 6.48. The molecular formula is C15H21N3O. The van der Waals surface area contributed by atoms with Crippen LogP contribution >= 0.6 is 0 Å². The zero-order chi connectivity index (χ0) is 13.7. The summed E-state index contributed by atoms with van der Waals surface area (Å²) in [6.07, 6.45) is 3.79. The Labute approximate surface area is 114 Å². The molecule has 2 N–H and O–H groups in total. The van der Waals surface area contributed by atoms with E-state index in [1.165, 1.54) is 11.1 Å². The van der Waals surface area contributed by atoms with Crippen LogP contribution in [0.1, 0.15) is 55.1 Å². The highest BCUT2D eigenvalue weighted by atomic mass is 16.5. The molecule has 1 aromatic carbocycles. The summed E-state index contributed by atoms with van der Waals surface area (Å²) in [5, 5.41) is 4.02. The van der Waals surface area contributed by atoms with Crippen molar-refractivity contribution in [2.45, 2.75) is 45.6 Å². The van der Waals surface area contributed by atoms with E-state index in [2.05, 4.69) is 36.1 Å². The number of aryl methyl sites for hydroxylation is 1. The first-order valence-corrected chi connectivity index (χ1v) is 6.83. The van der Waals surface area contributed by atoms with Crippen LogP contribution in [0.25, 0.3) is 0 Å². The number of hydrogen-bond acceptors (Lipinski definition) is 4. The average Bonchev–Trinajstić information content (AvgIpc) is 2.87. The molecule has 0 saturated heterocycles. The summed E-state index contributed by atoms with van der Waals surface area (Å²) in [4.78, 5) is 4.40. The molecule has 0 unspecified atom stereocenters. The van der Waals surface area contributed by atoms with Crippen molar-refractivity contribution in [1.29, 1.82) is 0 Å². The lowest BCUT2D eigenvalue weighted by atomic mass is 10.1. The Morgan fingerprint density at radius 1 is 1.32 bits per heavy atom. The maximum Gasteiger partial charge on any atom is 0.243 e. The van der Waals surface area contributed by atoms with Crippen molar-refractivity contribution < 1.29 is 4.52 Å². The smallest absolute Gasteiger partial charge is 0.243 e. The third-order valence-electron chi connectivity index (χ3n) is 3.28. The van der Waals surface area contributed by atoms with Gasteiger partial charge >= 0.3 is 0 Å². The van der Waals surface area contributed by atoms with Crippen molar-refractivity contribution in [2.75, 3.05) is 0 Å². The van der Waals surface area contributed by atoms with Crippen LogP contribution in [0, 0.1) is 6.92 Å². The van der Waals surface area contributed by atoms with Gasteiger partial charge < -0.3 is 10.3 Å². The van der Waals surface area contributed by atoms with E-state index in [1.54, 1.807) is 0 Å². The third kappa shape index (κ3) is 3.64. The van der Waals surface area contributed by atoms with Gasteiger partial charge in [-0.25, -0.2) is 0 Å². The fraction of sp³-hybridized carbons (Fsp3) is 0.467. The van der Waals surface area contributed by atoms with Crippen LogP contribution in [0.2, 0.25) is 0 Å². The monoisotopic (exact) mass is 259 g/mol. The summed E-state index contributed by atoms with van der Waals surface area (Å²) < 4.78 is 5.25. The summed E-state index contributed by atoms with van der Waals surface area (Å²) in [5.74, 6) is 1.26. The van der Waals surface area contributed by atoms with Crippen LogP contribution < -0.4 is 5.73 Å². The number of hydrogen-bond donors (Lipinski definition) is 1. The van der Waals surface area contributed by atoms with Crippen LogP contribution in [0.15, 0.2) is 28.8 Å². The number of aromatic nitrogens is 2. The lowest BCUT2D eigenvalue weighted by Gasteiger charge is -2.04. The predicted molar refractivity (Wildman–Crippen MR) is 74.7 cm³/mol. The Morgan fingerprint density at radius 3 is 2.84 bits per heavy atom. The molecule has 0 amide bonds. The molecule has 1 heterocycles. The van der Waals surface area contributed by atoms with Crippen molar-refractivity contribution in [2.24, 2.45) is 5.73 Å². The second-order valence-electron chi connectivity index (χ2n) is 4.90. The molecule has 0 spiro atoms. The van der Waals surface area contributed by atoms with E-state index < -0.39 is 0 Å². The zero-order valence-corrected chi connectivity index (χ0v) is 11.6. The van der Waals surface area contributed by atoms with Crippen molar-refractivity contribution in [3.8, 4) is 0 Å². The largest absolute Gasteiger partial charge is 0.338 e. The van der Waals surface area contributed by atoms with Gasteiger partial charge in [0.15, 0.2) is 5.82 Å². The van der Waals surface area contributed by atoms with Crippen molar-refractivity contribution in [3.63, 3.8) is 0 Å². The molecule has 0 aliphatic heterocycles. The van der Waals surface area contributed by atoms with E-state index >= 15 is 0 Å². The fourth-order valence-corrected chi connectivity index (χ4v) is 2.02. The molecule has 0 aliphatic carbocycles. The Kier molecular flexibility index (Phi) is 4.68. The normalized spacial score (nSPS) is 12.6. The standard InChI is InChI=1S/C15H21N3O/c1-3-4-9-13(16)15-17-14(18-19-15)10-12-8-6-5-7-11(12)2/h5-8,13H,3-4,9-10,16H2,1-2H3/t13-/m0/s1. The van der Waals surface area contributed by atoms with Crippen LogP contribution in [0.5, 0.6) is 0 Å². The van der Waals surface area contributed by atoms with E-state index in [1.807, 2.05) is 12.1 Å². The van der Waals surface area contributed by atoms with Gasteiger partial charge in [0.05, 0.1) is 6.04 Å². The van der Waals surface area contributed by atoms with Gasteiger partial charge in [0.2, 0.25) is 5.89 Å². The highest BCUT2D eigenvalue weighted by Crippen LogP contribution is 2.17. The predicted octanol–water partition coefficient (Wildman–Crippen LogP) is 3.16. The summed E-state index contributed by atoms with van der Waals surface area (Å²) >= 11 is 0. The van der Waals surface area contributed by atoms with Gasteiger partial charge in [0.1, 0.15) is 0 Å². The molecule has 0 fully saturated rings. The summed E-state index contributed by atoms with van der Waals surface area (Å²) in [6, 6.07) is 8.08. The molecule has 0 radical (unpaired) electrons. The van der Waals surface area contributed by atoms with Crippen LogP contribution in [-0.4, -0.2) is 10.1 Å². The topological polar surface area (TPSA) is 64.9 Å². The molecule has 19 heavy (non-hydrogen) atoms. The Hall–Kier alpha value is -1.68. The highest BCUT2D eigenvalue weighted by Gasteiger charge is 2.14. The SMILES string of the molecule is CCCC[C@H](N)c1nc(Cc2ccccc2C)no1. The zero-order valence-electron chi connectivity index (χ0n) is 11.6. The lowest BCUT2D eigenvalue weighted by molar-refractivity contribution is 0.343. The molecule has 2 rings (SSSR count). The quantitative estimate of drug-likeness (QED) is 0.865. The first-order valence-electron chi connectivity index (χ1n) is 6.83. The Morgan fingerprint density at radius 2 is 2.11 bits per heavy atom. The Balaban J connectivity index is 2.03. The molecule has 4 nitrogen and oxygen atoms in total. The van der Waals surface area contributed by atoms with Gasteiger partial charge in [-0.3, -0.25) is 0 Å². The molecule has 2 aromatic rings. The molecule has 0 saturated carbocycles. The summed E-state index contributed by atoms with van der Waals surface area (Å²) in [7, 11) is 0. The van der Waals surface area contributed by atoms with Crippen LogP contribution in [-0.2, 0) is 6.42 Å². The third-order valence-corrected chi connectivity index (χ3v) is 3.28. The van der Waals surface area contributed by atoms with E-state index in [4.69, 9.17) is 10.3 Å². The highest BCUT2D eigenvalue weighted by molar-refractivity contribution is 5.27. The van der Waals surface area contributed by atoms with Gasteiger partial charge in [-0.2, -0.15) is 4.98 Å². The van der Waals surface area contributed by atoms with Crippen LogP contribution in [0.3, 0.4) is 0 Å². The van der Waals surface area contributed by atoms with Crippen LogP contribution in [0.4, 0.5) is 0 Å². The van der Waals surface area contributed by atoms with Crippen molar-refractivity contribution in [1.82, 2.24) is 10.1 Å². The average molecular weight is 259 g/mol. The molecule has 1 aromatic heterocycles. The van der Waals surface area contributed by atoms with E-state index in [0.717, 1.165) is 19.3 Å². The molecular weight excluding hydrogens is 238 g/mol. The van der Waals surface area contributed by atoms with Crippen molar-refractivity contribution >= 4 is 0 Å². The first-order chi connectivity index (χ1) is 9.20. The van der Waals surface area contributed by atoms with Gasteiger partial charge in [0.25, 0.3) is 0 Å². The van der Waals surface area contributed by atoms with E-state index in [9.17, 15) is 0 Å². The fourth-order valence-electron chi connectivity index (χ4n) is 2.02. The van der Waals surface area contributed by atoms with Gasteiger partial charge in [0, 0.05) is 6.42 Å². The maximum absolute atomic E-state index is 6.02. The summed E-state index contributed by atoms with van der Waals surface area (Å²) in [5.41, 5.74) is 8.48. The lowest BCUT2D eigenvalue weighted by Crippen LogP contribution is -2.10. The molecule has 1 atom stereocenters. The molecule has 102 valence electrons. The van der Waals surface area contributed by atoms with E-state index in [0.29, 0.717) is 18.1 Å². The minimum atomic E-state index is -0.141. The number of nitrogens with zero attached hydrogens (tertiary/aromatic N) is 2. The van der Waals surface area contributed by atoms with E-state index in [-0.39, 0.29) is 6.04 Å². The first kappa shape index (κ1) is 13.7. The summed E-state index contributed by atoms with van der Waals surface area (Å²) in [6.45, 7) is 4.23. The minimum absolute atomic E-state index is 0.141. The molecule has 4 heteroatoms. The number of benzene rings is 1. The minimum Gasteiger partial charge on any atom is -0.338 e. The number of nitrogens with two attached hydrogens (primary N) is 1. The maximum atomic E-state index is 6.02. The second-order valence-corrected chi connectivity index (χ2v) is 4.90. The number of rotatable bonds is 6. The Bertz CT molecular complexity index is 522. The molecule has 0 bridgehead atoms. The van der Waals surface area contributed by atoms with Crippen molar-refractivity contribution in [3.05, 3.63) is 47.1 Å².